The van der Waals surface area contributed by atoms with Crippen molar-refractivity contribution in [3.05, 3.63) is 0 Å². The number of hydrogen-bond donors (Lipinski definition) is 3. The number of carbonyl (C=O) groups is 6. The first-order valence-corrected chi connectivity index (χ1v) is 17.2. The van der Waals surface area contributed by atoms with Gasteiger partial charge in [-0.15, -0.1) is 5.10 Å². The van der Waals surface area contributed by atoms with E-state index in [0.717, 1.165) is 5.71 Å². The number of aliphatic carboxylic acids is 2. The molecule has 0 unspecified atom stereocenters. The molecule has 1 amide bonds. The van der Waals surface area contributed by atoms with Crippen molar-refractivity contribution in [3.8, 4) is 0 Å². The second-order valence-corrected chi connectivity index (χ2v) is 13.1. The van der Waals surface area contributed by atoms with Gasteiger partial charge >= 0.3 is 11.9 Å². The Labute approximate surface area is 268 Å². The van der Waals surface area contributed by atoms with E-state index in [4.69, 9.17) is 9.47 Å². The molecule has 260 valence electrons. The van der Waals surface area contributed by atoms with Crippen molar-refractivity contribution in [1.82, 2.24) is 5.32 Å². The average Bonchev–Trinajstić information content (AvgIpc) is 3.49. The van der Waals surface area contributed by atoms with Gasteiger partial charge in [-0.2, -0.15) is 5.11 Å². The maximum atomic E-state index is 12.4. The molecule has 2 atom stereocenters. The molecule has 1 rings (SSSR count). The molecule has 46 heavy (non-hydrogen) atoms. The lowest BCUT2D eigenvalue weighted by molar-refractivity contribution is -0.145. The van der Waals surface area contributed by atoms with E-state index in [9.17, 15) is 47.4 Å². The molecule has 0 aromatic heterocycles. The Hall–Kier alpha value is -3.44. The number of amides is 1. The van der Waals surface area contributed by atoms with E-state index in [2.05, 4.69) is 20.8 Å². The summed E-state index contributed by atoms with van der Waals surface area (Å²) in [7, 11) is -3.75. The average molecular weight is 675 g/mol. The SMILES string of the molecule is CCOCCOCCCC(=O)CC[C@H](NC(=O)CC[C@H](CC(=O)CCCS(=O)(=O)CC(=O)CCCC1=NN=NC1)C(=O)O)C(=O)O. The number of Topliss-reactive ketones (excluding diaryl/α,β-unsaturated/α-hetero) is 3. The topological polar surface area (TPSA) is 245 Å². The van der Waals surface area contributed by atoms with E-state index in [1.165, 1.54) is 0 Å². The Morgan fingerprint density at radius 3 is 2.17 bits per heavy atom. The number of hydrogen-bond acceptors (Lipinski definition) is 13. The minimum absolute atomic E-state index is 0.0578. The molecule has 17 heteroatoms. The van der Waals surface area contributed by atoms with Crippen molar-refractivity contribution < 1.29 is 56.9 Å². The highest BCUT2D eigenvalue weighted by molar-refractivity contribution is 7.92. The first-order chi connectivity index (χ1) is 21.8. The molecule has 0 spiro atoms. The van der Waals surface area contributed by atoms with Crippen molar-refractivity contribution in [1.29, 1.82) is 0 Å². The predicted octanol–water partition coefficient (Wildman–Crippen LogP) is 1.93. The largest absolute Gasteiger partial charge is 0.481 e. The van der Waals surface area contributed by atoms with E-state index < -0.39 is 69.1 Å². The van der Waals surface area contributed by atoms with Crippen molar-refractivity contribution in [2.24, 2.45) is 21.4 Å². The summed E-state index contributed by atoms with van der Waals surface area (Å²) < 4.78 is 35.0. The number of nitrogens with zero attached hydrogens (tertiary/aromatic N) is 3. The molecular formula is C29H46N4O12S. The van der Waals surface area contributed by atoms with Crippen molar-refractivity contribution in [2.45, 2.75) is 90.0 Å². The minimum atomic E-state index is -3.75. The Bertz CT molecular complexity index is 1200. The molecule has 0 radical (unpaired) electrons. The van der Waals surface area contributed by atoms with Crippen LogP contribution in [0.25, 0.3) is 0 Å². The summed E-state index contributed by atoms with van der Waals surface area (Å²) >= 11 is 0. The van der Waals surface area contributed by atoms with E-state index >= 15 is 0 Å². The van der Waals surface area contributed by atoms with Gasteiger partial charge in [0.2, 0.25) is 5.91 Å². The number of ether oxygens (including phenoxy) is 2. The highest BCUT2D eigenvalue weighted by Crippen LogP contribution is 2.15. The Kier molecular flexibility index (Phi) is 20.3. The highest BCUT2D eigenvalue weighted by atomic mass is 32.2. The molecule has 0 aromatic carbocycles. The van der Waals surface area contributed by atoms with Gasteiger partial charge in [0.05, 0.1) is 30.6 Å². The van der Waals surface area contributed by atoms with Gasteiger partial charge in [0.1, 0.15) is 35.7 Å². The number of carbonyl (C=O) groups excluding carboxylic acids is 4. The van der Waals surface area contributed by atoms with Crippen LogP contribution in [0.3, 0.4) is 0 Å². The van der Waals surface area contributed by atoms with Crippen LogP contribution in [-0.4, -0.2) is 110 Å². The summed E-state index contributed by atoms with van der Waals surface area (Å²) in [4.78, 5) is 72.1. The quantitative estimate of drug-likeness (QED) is 0.0964. The number of nitrogens with one attached hydrogen (secondary N) is 1. The molecular weight excluding hydrogens is 628 g/mol. The first-order valence-electron chi connectivity index (χ1n) is 15.4. The van der Waals surface area contributed by atoms with Gasteiger partial charge in [0, 0.05) is 51.7 Å². The van der Waals surface area contributed by atoms with Crippen LogP contribution in [0.2, 0.25) is 0 Å². The van der Waals surface area contributed by atoms with E-state index in [1.54, 1.807) is 0 Å². The van der Waals surface area contributed by atoms with E-state index in [0.29, 0.717) is 52.2 Å². The molecule has 16 nitrogen and oxygen atoms in total. The van der Waals surface area contributed by atoms with Gasteiger partial charge in [0.25, 0.3) is 0 Å². The molecule has 0 aromatic rings. The second kappa shape index (κ2) is 23.0. The Morgan fingerprint density at radius 1 is 0.826 bits per heavy atom. The molecule has 0 fully saturated rings. The predicted molar refractivity (Wildman–Crippen MR) is 164 cm³/mol. The number of ketones is 3. The van der Waals surface area contributed by atoms with Crippen LogP contribution >= 0.6 is 0 Å². The molecule has 3 N–H and O–H groups in total. The Balaban J connectivity index is 2.35. The third kappa shape index (κ3) is 19.8. The first kappa shape index (κ1) is 40.6. The summed E-state index contributed by atoms with van der Waals surface area (Å²) in [5.74, 6) is -6.83. The van der Waals surface area contributed by atoms with Crippen LogP contribution < -0.4 is 5.32 Å². The number of carboxylic acids is 2. The van der Waals surface area contributed by atoms with Crippen LogP contribution in [0.15, 0.2) is 15.4 Å². The summed E-state index contributed by atoms with van der Waals surface area (Å²) in [6.07, 6.45) is 0.0780. The summed E-state index contributed by atoms with van der Waals surface area (Å²) in [5.41, 5.74) is 0.727. The summed E-state index contributed by atoms with van der Waals surface area (Å²) in [6.45, 7) is 4.05. The standard InChI is InChI=1S/C29H46N4O12S/c1-2-44-15-16-45-14-4-8-23(34)11-12-26(29(40)41)31-27(37)13-10-21(28(38)39)18-24(35)9-5-17-46(42,43)20-25(36)7-3-6-22-19-30-33-32-22/h21,26H,2-20H2,1H3,(H,31,37)(H,38,39)(H,40,41)/t21-,26+/m1/s1. The van der Waals surface area contributed by atoms with Gasteiger partial charge in [-0.1, -0.05) is 0 Å². The molecule has 1 aliphatic heterocycles. The maximum absolute atomic E-state index is 12.4. The van der Waals surface area contributed by atoms with E-state index in [1.807, 2.05) is 6.92 Å². The fourth-order valence-corrected chi connectivity index (χ4v) is 5.79. The minimum Gasteiger partial charge on any atom is -0.481 e. The van der Waals surface area contributed by atoms with Gasteiger partial charge < -0.3 is 25.0 Å². The lowest BCUT2D eigenvalue weighted by atomic mass is 9.95. The van der Waals surface area contributed by atoms with Crippen molar-refractivity contribution in [2.75, 3.05) is 44.5 Å². The molecule has 0 saturated heterocycles. The zero-order valence-electron chi connectivity index (χ0n) is 26.3. The summed E-state index contributed by atoms with van der Waals surface area (Å²) in [5, 5.41) is 32.2. The van der Waals surface area contributed by atoms with Gasteiger partial charge in [-0.3, -0.25) is 24.0 Å². The van der Waals surface area contributed by atoms with Crippen LogP contribution in [0, 0.1) is 5.92 Å². The second-order valence-electron chi connectivity index (χ2n) is 10.9. The van der Waals surface area contributed by atoms with Crippen molar-refractivity contribution in [3.63, 3.8) is 0 Å². The molecule has 0 bridgehead atoms. The zero-order valence-corrected chi connectivity index (χ0v) is 27.1. The third-order valence-electron chi connectivity index (χ3n) is 6.92. The fourth-order valence-electron chi connectivity index (χ4n) is 4.42. The third-order valence-corrected chi connectivity index (χ3v) is 8.60. The van der Waals surface area contributed by atoms with Gasteiger partial charge in [-0.25, -0.2) is 13.2 Å². The van der Waals surface area contributed by atoms with E-state index in [-0.39, 0.29) is 57.1 Å². The fraction of sp³-hybridized carbons (Fsp3) is 0.759. The van der Waals surface area contributed by atoms with Crippen LogP contribution in [-0.2, 0) is 48.1 Å². The molecule has 1 aliphatic rings. The monoisotopic (exact) mass is 674 g/mol. The van der Waals surface area contributed by atoms with Crippen molar-refractivity contribution >= 4 is 50.7 Å². The normalized spacial score (nSPS) is 14.0. The molecule has 0 saturated carbocycles. The van der Waals surface area contributed by atoms with Gasteiger partial charge in [-0.05, 0) is 50.7 Å². The number of sulfone groups is 1. The van der Waals surface area contributed by atoms with Gasteiger partial charge in [0.15, 0.2) is 9.84 Å². The molecule has 0 aliphatic carbocycles. The lowest BCUT2D eigenvalue weighted by Crippen LogP contribution is -2.41. The van der Waals surface area contributed by atoms with Crippen LogP contribution in [0.5, 0.6) is 0 Å². The number of carboxylic acid groups (broad SMARTS) is 2. The molecule has 1 heterocycles. The lowest BCUT2D eigenvalue weighted by Gasteiger charge is -2.16. The Morgan fingerprint density at radius 2 is 1.52 bits per heavy atom. The maximum Gasteiger partial charge on any atom is 0.326 e. The zero-order chi connectivity index (χ0) is 34.4. The van der Waals surface area contributed by atoms with Crippen LogP contribution in [0.1, 0.15) is 84.0 Å². The van der Waals surface area contributed by atoms with Crippen LogP contribution in [0.4, 0.5) is 0 Å². The highest BCUT2D eigenvalue weighted by Gasteiger charge is 2.25. The number of rotatable bonds is 29. The summed E-state index contributed by atoms with van der Waals surface area (Å²) in [6, 6.07) is -1.34. The smallest absolute Gasteiger partial charge is 0.326 e.